The van der Waals surface area contributed by atoms with E-state index < -0.39 is 26.8 Å². The first kappa shape index (κ1) is 30.0. The summed E-state index contributed by atoms with van der Waals surface area (Å²) in [6.07, 6.45) is 8.00. The molecule has 2 aromatic rings. The van der Waals surface area contributed by atoms with Crippen LogP contribution in [0.25, 0.3) is 0 Å². The molecule has 10 heteroatoms. The van der Waals surface area contributed by atoms with Crippen LogP contribution in [0, 0.1) is 29.1 Å². The lowest BCUT2D eigenvalue weighted by atomic mass is 9.64. The van der Waals surface area contributed by atoms with Crippen LogP contribution in [-0.2, 0) is 21.9 Å². The molecule has 228 valence electrons. The number of hydrogen-bond donors (Lipinski definition) is 2. The number of nitrogens with one attached hydrogen (secondary N) is 1. The van der Waals surface area contributed by atoms with E-state index in [1.165, 1.54) is 11.1 Å². The predicted octanol–water partition coefficient (Wildman–Crippen LogP) is 5.14. The van der Waals surface area contributed by atoms with E-state index in [9.17, 15) is 23.6 Å². The number of nitriles is 1. The highest BCUT2D eigenvalue weighted by atomic mass is 35.5. The van der Waals surface area contributed by atoms with Crippen LogP contribution >= 0.6 is 11.6 Å². The summed E-state index contributed by atoms with van der Waals surface area (Å²) in [6.45, 7) is 4.96. The third-order valence-corrected chi connectivity index (χ3v) is 12.5. The van der Waals surface area contributed by atoms with Crippen LogP contribution in [0.1, 0.15) is 67.4 Å². The molecule has 2 aromatic carbocycles. The number of anilines is 1. The van der Waals surface area contributed by atoms with Crippen molar-refractivity contribution in [3.05, 3.63) is 70.3 Å². The number of ether oxygens (including phenoxy) is 1. The Morgan fingerprint density at radius 2 is 2.00 bits per heavy atom. The maximum atomic E-state index is 13.3. The minimum absolute atomic E-state index is 0.0349. The minimum atomic E-state index is -4.00. The molecular weight excluding hydrogens is 586 g/mol. The summed E-state index contributed by atoms with van der Waals surface area (Å²) < 4.78 is 35.2. The van der Waals surface area contributed by atoms with Gasteiger partial charge in [-0.3, -0.25) is 4.79 Å². The van der Waals surface area contributed by atoms with Crippen LogP contribution < -0.4 is 14.4 Å². The Kier molecular flexibility index (Phi) is 7.77. The van der Waals surface area contributed by atoms with E-state index in [1.807, 2.05) is 12.1 Å². The molecule has 6 rings (SSSR count). The molecule has 0 aromatic heterocycles. The fourth-order valence-corrected chi connectivity index (χ4v) is 8.87. The van der Waals surface area contributed by atoms with Crippen molar-refractivity contribution in [3.63, 3.8) is 0 Å². The summed E-state index contributed by atoms with van der Waals surface area (Å²) in [5, 5.41) is 21.5. The highest BCUT2D eigenvalue weighted by Gasteiger charge is 2.48. The molecule has 2 heterocycles. The Bertz CT molecular complexity index is 1620. The molecule has 1 saturated carbocycles. The van der Waals surface area contributed by atoms with E-state index in [2.05, 4.69) is 21.8 Å². The number of sulfonamides is 1. The molecule has 2 aliphatic heterocycles. The molecule has 1 fully saturated rings. The van der Waals surface area contributed by atoms with Gasteiger partial charge in [0.2, 0.25) is 10.0 Å². The SMILES string of the molecule is C[C@@H]1[C@@H](C)C/C=C/[C@](O)(C#N)[C@@H]2CC[C@H]2CN2C[C@@]3(CCCc4cc(Cl)ccc43)COc3ccc(cc32)C(=O)NS1(=O)=O. The zero-order valence-corrected chi connectivity index (χ0v) is 26.1. The van der Waals surface area contributed by atoms with Gasteiger partial charge in [0.05, 0.1) is 17.5 Å². The van der Waals surface area contributed by atoms with Crippen molar-refractivity contribution in [1.82, 2.24) is 4.72 Å². The van der Waals surface area contributed by atoms with Crippen LogP contribution in [-0.4, -0.2) is 50.0 Å². The van der Waals surface area contributed by atoms with Crippen LogP contribution in [0.5, 0.6) is 5.75 Å². The Morgan fingerprint density at radius 3 is 2.74 bits per heavy atom. The maximum Gasteiger partial charge on any atom is 0.264 e. The molecule has 0 radical (unpaired) electrons. The second-order valence-electron chi connectivity index (χ2n) is 13.0. The number of benzene rings is 2. The van der Waals surface area contributed by atoms with Crippen molar-refractivity contribution in [2.45, 2.75) is 68.6 Å². The van der Waals surface area contributed by atoms with Crippen molar-refractivity contribution >= 4 is 33.2 Å². The number of aryl methyl sites for hydroxylation is 1. The van der Waals surface area contributed by atoms with Crippen LogP contribution in [0.3, 0.4) is 0 Å². The molecule has 1 amide bonds. The Labute approximate surface area is 258 Å². The van der Waals surface area contributed by atoms with E-state index in [0.29, 0.717) is 49.0 Å². The molecule has 2 aliphatic carbocycles. The molecule has 2 bridgehead atoms. The van der Waals surface area contributed by atoms with Crippen molar-refractivity contribution < 1.29 is 23.1 Å². The number of rotatable bonds is 0. The maximum absolute atomic E-state index is 13.3. The van der Waals surface area contributed by atoms with Gasteiger partial charge in [0, 0.05) is 35.0 Å². The van der Waals surface area contributed by atoms with E-state index in [4.69, 9.17) is 16.3 Å². The molecule has 6 atom stereocenters. The number of halogens is 1. The molecule has 8 nitrogen and oxygen atoms in total. The largest absolute Gasteiger partial charge is 0.490 e. The topological polar surface area (TPSA) is 120 Å². The van der Waals surface area contributed by atoms with Crippen LogP contribution in [0.2, 0.25) is 5.02 Å². The lowest BCUT2D eigenvalue weighted by Crippen LogP contribution is -2.52. The highest BCUT2D eigenvalue weighted by molar-refractivity contribution is 7.90. The van der Waals surface area contributed by atoms with Crippen molar-refractivity contribution in [1.29, 1.82) is 5.26 Å². The van der Waals surface area contributed by atoms with E-state index in [-0.39, 0.29) is 28.7 Å². The second-order valence-corrected chi connectivity index (χ2v) is 15.4. The number of allylic oxidation sites excluding steroid dienone is 1. The smallest absolute Gasteiger partial charge is 0.264 e. The van der Waals surface area contributed by atoms with Gasteiger partial charge in [-0.2, -0.15) is 5.26 Å². The molecule has 4 aliphatic rings. The standard InChI is InChI=1S/C33H38ClN3O5S/c1-21-5-3-14-33(39,18-35)28-10-7-25(28)17-37-19-32(13-4-6-23-15-26(34)9-11-27(23)32)20-42-30-12-8-24(16-29(30)37)31(38)36-43(40,41)22(21)2/h3,8-9,11-12,14-16,21-22,25,28,39H,4-7,10,13,17,19-20H2,1-2H3,(H,36,38)/b14-3+/t21-,22+,25-,28+,32-,33-/m0/s1. The molecular formula is C33H38ClN3O5S. The molecule has 0 unspecified atom stereocenters. The highest BCUT2D eigenvalue weighted by Crippen LogP contribution is 2.48. The van der Waals surface area contributed by atoms with Crippen molar-refractivity contribution in [2.75, 3.05) is 24.6 Å². The van der Waals surface area contributed by atoms with E-state index in [0.717, 1.165) is 25.7 Å². The average molecular weight is 624 g/mol. The molecule has 1 spiro atoms. The fraction of sp³-hybridized carbons (Fsp3) is 0.515. The number of carbonyl (C=O) groups is 1. The van der Waals surface area contributed by atoms with E-state index >= 15 is 0 Å². The van der Waals surface area contributed by atoms with Gasteiger partial charge < -0.3 is 14.7 Å². The summed E-state index contributed by atoms with van der Waals surface area (Å²) in [5.74, 6) is -0.651. The minimum Gasteiger partial charge on any atom is -0.490 e. The first-order valence-electron chi connectivity index (χ1n) is 15.1. The predicted molar refractivity (Wildman–Crippen MR) is 166 cm³/mol. The first-order chi connectivity index (χ1) is 20.4. The summed E-state index contributed by atoms with van der Waals surface area (Å²) in [7, 11) is -4.00. The lowest BCUT2D eigenvalue weighted by molar-refractivity contribution is -0.00464. The summed E-state index contributed by atoms with van der Waals surface area (Å²) >= 11 is 6.38. The fourth-order valence-electron chi connectivity index (χ4n) is 7.39. The van der Waals surface area contributed by atoms with Gasteiger partial charge in [-0.15, -0.1) is 0 Å². The van der Waals surface area contributed by atoms with Gasteiger partial charge in [-0.05, 0) is 105 Å². The molecule has 0 saturated heterocycles. The van der Waals surface area contributed by atoms with Gasteiger partial charge >= 0.3 is 0 Å². The third-order valence-electron chi connectivity index (χ3n) is 10.3. The first-order valence-corrected chi connectivity index (χ1v) is 17.1. The number of aliphatic hydroxyl groups is 1. The van der Waals surface area contributed by atoms with Gasteiger partial charge in [0.15, 0.2) is 5.60 Å². The van der Waals surface area contributed by atoms with Crippen LogP contribution in [0.15, 0.2) is 48.6 Å². The van der Waals surface area contributed by atoms with Gasteiger partial charge in [0.1, 0.15) is 11.8 Å². The quantitative estimate of drug-likeness (QED) is 0.308. The summed E-state index contributed by atoms with van der Waals surface area (Å²) in [6, 6.07) is 13.3. The number of nitrogens with zero attached hydrogens (tertiary/aromatic N) is 2. The number of amides is 1. The Balaban J connectivity index is 1.45. The summed E-state index contributed by atoms with van der Waals surface area (Å²) in [4.78, 5) is 15.6. The molecule has 2 N–H and O–H groups in total. The lowest BCUT2D eigenvalue weighted by Gasteiger charge is -2.47. The van der Waals surface area contributed by atoms with Crippen molar-refractivity contribution in [2.24, 2.45) is 17.8 Å². The normalized spacial score (nSPS) is 34.3. The Morgan fingerprint density at radius 1 is 1.19 bits per heavy atom. The molecule has 43 heavy (non-hydrogen) atoms. The number of hydrogen-bond acceptors (Lipinski definition) is 7. The van der Waals surface area contributed by atoms with E-state index in [1.54, 1.807) is 44.2 Å². The van der Waals surface area contributed by atoms with Gasteiger partial charge in [-0.25, -0.2) is 13.1 Å². The van der Waals surface area contributed by atoms with Crippen molar-refractivity contribution in [3.8, 4) is 11.8 Å². The second kappa shape index (κ2) is 11.1. The number of carbonyl (C=O) groups excluding carboxylic acids is 1. The van der Waals surface area contributed by atoms with Gasteiger partial charge in [-0.1, -0.05) is 30.7 Å². The van der Waals surface area contributed by atoms with Gasteiger partial charge in [0.25, 0.3) is 5.91 Å². The third kappa shape index (κ3) is 5.43. The Hall–Kier alpha value is -3.06. The summed E-state index contributed by atoms with van der Waals surface area (Å²) in [5.41, 5.74) is 1.36. The zero-order chi connectivity index (χ0) is 30.6. The van der Waals surface area contributed by atoms with Crippen LogP contribution in [0.4, 0.5) is 5.69 Å². The zero-order valence-electron chi connectivity index (χ0n) is 24.6. The number of fused-ring (bicyclic) bond motifs is 4. The monoisotopic (exact) mass is 623 g/mol. The average Bonchev–Trinajstić information content (AvgIpc) is 3.11.